The van der Waals surface area contributed by atoms with Crippen molar-refractivity contribution in [2.45, 2.75) is 39.5 Å². The minimum absolute atomic E-state index is 0.00878. The van der Waals surface area contributed by atoms with Crippen LogP contribution in [0.15, 0.2) is 42.5 Å². The number of benzene rings is 2. The largest absolute Gasteiger partial charge is 0.490 e. The maximum absolute atomic E-state index is 11.1. The molecule has 0 spiro atoms. The van der Waals surface area contributed by atoms with Gasteiger partial charge in [0.15, 0.2) is 5.75 Å². The molecule has 2 aromatic rings. The van der Waals surface area contributed by atoms with E-state index in [0.717, 1.165) is 12.1 Å². The Hall–Kier alpha value is -2.44. The Bertz CT molecular complexity index is 747. The lowest BCUT2D eigenvalue weighted by Crippen LogP contribution is -2.25. The summed E-state index contributed by atoms with van der Waals surface area (Å²) < 4.78 is 5.03. The van der Waals surface area contributed by atoms with Gasteiger partial charge < -0.3 is 10.1 Å². The van der Waals surface area contributed by atoms with E-state index in [4.69, 9.17) is 4.74 Å². The lowest BCUT2D eigenvalue weighted by molar-refractivity contribution is -0.385. The van der Waals surface area contributed by atoms with Crippen LogP contribution in [0.5, 0.6) is 5.75 Å². The topological polar surface area (TPSA) is 67.6 Å². The highest BCUT2D eigenvalue weighted by atomic mass is 16.6. The van der Waals surface area contributed by atoms with Crippen molar-refractivity contribution in [3.05, 3.63) is 69.3 Å². The van der Waals surface area contributed by atoms with Gasteiger partial charge in [-0.15, -0.1) is 0 Å². The molecular weight excluding hydrogens is 330 g/mol. The Labute approximate surface area is 154 Å². The maximum Gasteiger partial charge on any atom is 0.311 e. The highest BCUT2D eigenvalue weighted by Gasteiger charge is 2.14. The predicted molar refractivity (Wildman–Crippen MR) is 103 cm³/mol. The number of hydrogen-bond acceptors (Lipinski definition) is 5. The summed E-state index contributed by atoms with van der Waals surface area (Å²) in [5, 5.41) is 14.5. The fraction of sp³-hybridized carbons (Fsp3) is 0.400. The quantitative estimate of drug-likeness (QED) is 0.547. The van der Waals surface area contributed by atoms with Crippen LogP contribution in [0.1, 0.15) is 30.5 Å². The molecule has 0 heterocycles. The van der Waals surface area contributed by atoms with E-state index in [1.807, 2.05) is 6.07 Å². The molecule has 6 nitrogen and oxygen atoms in total. The number of nitrogens with zero attached hydrogens (tertiary/aromatic N) is 2. The zero-order chi connectivity index (χ0) is 19.1. The van der Waals surface area contributed by atoms with Crippen LogP contribution in [-0.4, -0.2) is 30.0 Å². The Morgan fingerprint density at radius 1 is 1.12 bits per heavy atom. The Balaban J connectivity index is 1.96. The number of rotatable bonds is 9. The second-order valence-corrected chi connectivity index (χ2v) is 6.70. The average molecular weight is 357 g/mol. The number of methoxy groups -OCH3 is 1. The number of nitro groups is 1. The molecule has 0 amide bonds. The minimum Gasteiger partial charge on any atom is -0.490 e. The van der Waals surface area contributed by atoms with Crippen LogP contribution in [0.4, 0.5) is 5.69 Å². The van der Waals surface area contributed by atoms with Crippen molar-refractivity contribution >= 4 is 5.69 Å². The zero-order valence-electron chi connectivity index (χ0n) is 15.9. The first-order chi connectivity index (χ1) is 12.4. The number of nitro benzene ring substituents is 1. The number of ether oxygens (including phenoxy) is 1. The fourth-order valence-corrected chi connectivity index (χ4v) is 2.65. The van der Waals surface area contributed by atoms with Gasteiger partial charge in [0.1, 0.15) is 0 Å². The summed E-state index contributed by atoms with van der Waals surface area (Å²) in [6.45, 7) is 6.54. The molecule has 0 radical (unpaired) electrons. The van der Waals surface area contributed by atoms with Gasteiger partial charge in [-0.3, -0.25) is 15.0 Å². The van der Waals surface area contributed by atoms with Crippen LogP contribution in [0, 0.1) is 10.1 Å². The predicted octanol–water partition coefficient (Wildman–Crippen LogP) is 3.73. The molecule has 2 aromatic carbocycles. The molecule has 0 aliphatic carbocycles. The van der Waals surface area contributed by atoms with Crippen molar-refractivity contribution in [2.24, 2.45) is 0 Å². The molecule has 0 unspecified atom stereocenters. The normalized spacial score (nSPS) is 11.2. The monoisotopic (exact) mass is 357 g/mol. The molecule has 0 saturated carbocycles. The van der Waals surface area contributed by atoms with Crippen molar-refractivity contribution in [3.63, 3.8) is 0 Å². The summed E-state index contributed by atoms with van der Waals surface area (Å²) >= 11 is 0. The average Bonchev–Trinajstić information content (AvgIpc) is 2.61. The van der Waals surface area contributed by atoms with Gasteiger partial charge >= 0.3 is 5.69 Å². The first-order valence-corrected chi connectivity index (χ1v) is 8.70. The van der Waals surface area contributed by atoms with Crippen LogP contribution in [0.2, 0.25) is 0 Å². The van der Waals surface area contributed by atoms with Crippen LogP contribution < -0.4 is 10.1 Å². The molecule has 0 fully saturated rings. The first-order valence-electron chi connectivity index (χ1n) is 8.70. The standard InChI is InChI=1S/C20H27N3O3/c1-15(2)22(3)14-18-7-5-6-16(10-18)12-21-13-17-8-9-20(26-4)19(11-17)23(24)25/h5-11,15,21H,12-14H2,1-4H3. The fourth-order valence-electron chi connectivity index (χ4n) is 2.65. The van der Waals surface area contributed by atoms with Crippen LogP contribution in [0.3, 0.4) is 0 Å². The van der Waals surface area contributed by atoms with E-state index in [0.29, 0.717) is 19.1 Å². The molecule has 140 valence electrons. The first kappa shape index (κ1) is 19.9. The molecule has 6 heteroatoms. The Kier molecular flexibility index (Phi) is 7.12. The van der Waals surface area contributed by atoms with Crippen molar-refractivity contribution in [2.75, 3.05) is 14.2 Å². The molecule has 0 aliphatic heterocycles. The molecule has 0 bridgehead atoms. The Morgan fingerprint density at radius 2 is 1.77 bits per heavy atom. The third-order valence-electron chi connectivity index (χ3n) is 4.40. The molecule has 26 heavy (non-hydrogen) atoms. The summed E-state index contributed by atoms with van der Waals surface area (Å²) in [6, 6.07) is 14.0. The van der Waals surface area contributed by atoms with Crippen molar-refractivity contribution < 1.29 is 9.66 Å². The van der Waals surface area contributed by atoms with Gasteiger partial charge in [-0.05, 0) is 43.7 Å². The molecule has 1 N–H and O–H groups in total. The second kappa shape index (κ2) is 9.31. The van der Waals surface area contributed by atoms with Crippen LogP contribution >= 0.6 is 0 Å². The van der Waals surface area contributed by atoms with E-state index in [9.17, 15) is 10.1 Å². The van der Waals surface area contributed by atoms with Gasteiger partial charge in [0.05, 0.1) is 12.0 Å². The maximum atomic E-state index is 11.1. The van der Waals surface area contributed by atoms with Gasteiger partial charge in [0, 0.05) is 31.7 Å². The van der Waals surface area contributed by atoms with E-state index in [-0.39, 0.29) is 11.4 Å². The van der Waals surface area contributed by atoms with Crippen LogP contribution in [-0.2, 0) is 19.6 Å². The molecule has 2 rings (SSSR count). The Morgan fingerprint density at radius 3 is 2.38 bits per heavy atom. The highest BCUT2D eigenvalue weighted by Crippen LogP contribution is 2.27. The van der Waals surface area contributed by atoms with Crippen molar-refractivity contribution in [1.82, 2.24) is 10.2 Å². The molecule has 0 atom stereocenters. The second-order valence-electron chi connectivity index (χ2n) is 6.70. The minimum atomic E-state index is -0.420. The van der Waals surface area contributed by atoms with E-state index in [1.54, 1.807) is 12.1 Å². The number of nitrogens with one attached hydrogen (secondary N) is 1. The molecule has 0 saturated heterocycles. The smallest absolute Gasteiger partial charge is 0.311 e. The van der Waals surface area contributed by atoms with Crippen LogP contribution in [0.25, 0.3) is 0 Å². The van der Waals surface area contributed by atoms with Crippen molar-refractivity contribution in [1.29, 1.82) is 0 Å². The molecule has 0 aromatic heterocycles. The summed E-state index contributed by atoms with van der Waals surface area (Å²) in [5.41, 5.74) is 3.32. The van der Waals surface area contributed by atoms with Gasteiger partial charge in [0.25, 0.3) is 0 Å². The lowest BCUT2D eigenvalue weighted by Gasteiger charge is -2.21. The van der Waals surface area contributed by atoms with Gasteiger partial charge in [-0.2, -0.15) is 0 Å². The summed E-state index contributed by atoms with van der Waals surface area (Å²) in [6.07, 6.45) is 0. The van der Waals surface area contributed by atoms with E-state index >= 15 is 0 Å². The summed E-state index contributed by atoms with van der Waals surface area (Å²) in [7, 11) is 3.55. The van der Waals surface area contributed by atoms with E-state index in [2.05, 4.69) is 55.4 Å². The SMILES string of the molecule is COc1ccc(CNCc2cccc(CN(C)C(C)C)c2)cc1[N+](=O)[O-]. The zero-order valence-corrected chi connectivity index (χ0v) is 15.9. The third-order valence-corrected chi connectivity index (χ3v) is 4.40. The highest BCUT2D eigenvalue weighted by molar-refractivity contribution is 5.48. The van der Waals surface area contributed by atoms with E-state index < -0.39 is 4.92 Å². The molecular formula is C20H27N3O3. The summed E-state index contributed by atoms with van der Waals surface area (Å²) in [5.74, 6) is 0.278. The van der Waals surface area contributed by atoms with E-state index in [1.165, 1.54) is 18.2 Å². The lowest BCUT2D eigenvalue weighted by atomic mass is 10.1. The van der Waals surface area contributed by atoms with Gasteiger partial charge in [-0.25, -0.2) is 0 Å². The number of hydrogen-bond donors (Lipinski definition) is 1. The van der Waals surface area contributed by atoms with Crippen molar-refractivity contribution in [3.8, 4) is 5.75 Å². The third kappa shape index (κ3) is 5.54. The summed E-state index contributed by atoms with van der Waals surface area (Å²) in [4.78, 5) is 13.0. The van der Waals surface area contributed by atoms with Gasteiger partial charge in [-0.1, -0.05) is 30.3 Å². The molecule has 0 aliphatic rings. The van der Waals surface area contributed by atoms with Gasteiger partial charge in [0.2, 0.25) is 0 Å².